The molecule has 2 rings (SSSR count). The van der Waals surface area contributed by atoms with Gasteiger partial charge in [-0.3, -0.25) is 0 Å². The molecule has 16 heavy (non-hydrogen) atoms. The van der Waals surface area contributed by atoms with Crippen molar-refractivity contribution in [2.75, 3.05) is 0 Å². The topological polar surface area (TPSA) is 23.8 Å². The van der Waals surface area contributed by atoms with Crippen LogP contribution in [-0.4, -0.2) is 0 Å². The van der Waals surface area contributed by atoms with Gasteiger partial charge in [0.2, 0.25) is 0 Å². The highest BCUT2D eigenvalue weighted by Gasteiger charge is 2.01. The predicted octanol–water partition coefficient (Wildman–Crippen LogP) is 3.95. The molecule has 3 heteroatoms. The molecule has 0 atom stereocenters. The number of hydrogen-bond acceptors (Lipinski definition) is 2. The minimum absolute atomic E-state index is 0.294. The molecule has 0 N–H and O–H groups in total. The maximum Gasteiger partial charge on any atom is 0.123 e. The predicted molar refractivity (Wildman–Crippen MR) is 64.2 cm³/mol. The Kier molecular flexibility index (Phi) is 3.13. The molecule has 0 saturated carbocycles. The summed E-state index contributed by atoms with van der Waals surface area (Å²) >= 11 is 1.56. The summed E-state index contributed by atoms with van der Waals surface area (Å²) < 4.78 is 12.7. The van der Waals surface area contributed by atoms with E-state index in [-0.39, 0.29) is 5.82 Å². The lowest BCUT2D eigenvalue weighted by atomic mass is 10.1. The van der Waals surface area contributed by atoms with E-state index in [1.165, 1.54) is 12.1 Å². The van der Waals surface area contributed by atoms with Crippen molar-refractivity contribution >= 4 is 23.0 Å². The molecule has 0 bridgehead atoms. The van der Waals surface area contributed by atoms with E-state index in [1.807, 2.05) is 17.5 Å². The van der Waals surface area contributed by atoms with Crippen molar-refractivity contribution < 1.29 is 4.39 Å². The van der Waals surface area contributed by atoms with Gasteiger partial charge in [-0.05, 0) is 35.2 Å². The van der Waals surface area contributed by atoms with Crippen LogP contribution in [0, 0.1) is 17.1 Å². The van der Waals surface area contributed by atoms with Crippen LogP contribution in [-0.2, 0) is 0 Å². The Morgan fingerprint density at radius 2 is 2.00 bits per heavy atom. The van der Waals surface area contributed by atoms with Crippen LogP contribution in [0.4, 0.5) is 4.39 Å². The quantitative estimate of drug-likeness (QED) is 0.715. The molecule has 0 saturated heterocycles. The van der Waals surface area contributed by atoms with Gasteiger partial charge >= 0.3 is 0 Å². The van der Waals surface area contributed by atoms with Crippen LogP contribution in [0.3, 0.4) is 0 Å². The van der Waals surface area contributed by atoms with E-state index in [9.17, 15) is 4.39 Å². The standard InChI is InChI=1S/C13H8FNS/c14-12-5-3-10(4-6-12)11(9-15)8-13-2-1-7-16-13/h1-8H/b11-8-. The van der Waals surface area contributed by atoms with Crippen molar-refractivity contribution in [3.63, 3.8) is 0 Å². The Balaban J connectivity index is 2.37. The third-order valence-electron chi connectivity index (χ3n) is 2.11. The Hall–Kier alpha value is -1.92. The molecule has 78 valence electrons. The van der Waals surface area contributed by atoms with Crippen LogP contribution in [0.5, 0.6) is 0 Å². The fraction of sp³-hybridized carbons (Fsp3) is 0. The van der Waals surface area contributed by atoms with Crippen LogP contribution < -0.4 is 0 Å². The van der Waals surface area contributed by atoms with Crippen molar-refractivity contribution in [2.45, 2.75) is 0 Å². The van der Waals surface area contributed by atoms with Gasteiger partial charge in [-0.15, -0.1) is 11.3 Å². The Labute approximate surface area is 97.1 Å². The van der Waals surface area contributed by atoms with Gasteiger partial charge < -0.3 is 0 Å². The molecule has 0 fully saturated rings. The summed E-state index contributed by atoms with van der Waals surface area (Å²) in [5.74, 6) is -0.294. The van der Waals surface area contributed by atoms with E-state index >= 15 is 0 Å². The number of nitrogens with zero attached hydrogens (tertiary/aromatic N) is 1. The number of hydrogen-bond donors (Lipinski definition) is 0. The fourth-order valence-electron chi connectivity index (χ4n) is 1.33. The second-order valence-electron chi connectivity index (χ2n) is 3.19. The largest absolute Gasteiger partial charge is 0.207 e. The van der Waals surface area contributed by atoms with E-state index in [1.54, 1.807) is 29.5 Å². The molecule has 1 aromatic heterocycles. The van der Waals surface area contributed by atoms with E-state index in [0.29, 0.717) is 5.57 Å². The maximum atomic E-state index is 12.7. The third-order valence-corrected chi connectivity index (χ3v) is 2.92. The molecule has 0 aliphatic rings. The second-order valence-corrected chi connectivity index (χ2v) is 4.17. The highest BCUT2D eigenvalue weighted by atomic mass is 32.1. The van der Waals surface area contributed by atoms with Crippen molar-refractivity contribution in [1.82, 2.24) is 0 Å². The first-order chi connectivity index (χ1) is 7.79. The van der Waals surface area contributed by atoms with Gasteiger partial charge in [0.15, 0.2) is 0 Å². The molecule has 2 aromatic rings. The van der Waals surface area contributed by atoms with E-state index in [0.717, 1.165) is 10.4 Å². The average Bonchev–Trinajstić information content (AvgIpc) is 2.80. The van der Waals surface area contributed by atoms with Crippen molar-refractivity contribution in [3.05, 3.63) is 58.0 Å². The second kappa shape index (κ2) is 4.73. The van der Waals surface area contributed by atoms with Gasteiger partial charge in [0, 0.05) is 4.88 Å². The first-order valence-corrected chi connectivity index (χ1v) is 5.59. The van der Waals surface area contributed by atoms with Crippen LogP contribution >= 0.6 is 11.3 Å². The summed E-state index contributed by atoms with van der Waals surface area (Å²) in [4.78, 5) is 1.01. The maximum absolute atomic E-state index is 12.7. The molecule has 0 aliphatic heterocycles. The van der Waals surface area contributed by atoms with Gasteiger partial charge in [0.05, 0.1) is 11.6 Å². The highest BCUT2D eigenvalue weighted by Crippen LogP contribution is 2.20. The van der Waals surface area contributed by atoms with Crippen molar-refractivity contribution in [1.29, 1.82) is 5.26 Å². The summed E-state index contributed by atoms with van der Waals surface area (Å²) in [6.45, 7) is 0. The number of allylic oxidation sites excluding steroid dienone is 1. The zero-order valence-corrected chi connectivity index (χ0v) is 9.17. The van der Waals surface area contributed by atoms with E-state index < -0.39 is 0 Å². The number of benzene rings is 1. The van der Waals surface area contributed by atoms with Crippen LogP contribution in [0.1, 0.15) is 10.4 Å². The van der Waals surface area contributed by atoms with Gasteiger partial charge in [-0.1, -0.05) is 18.2 Å². The molecular formula is C13H8FNS. The van der Waals surface area contributed by atoms with Crippen molar-refractivity contribution in [2.24, 2.45) is 0 Å². The lowest BCUT2D eigenvalue weighted by Gasteiger charge is -1.97. The summed E-state index contributed by atoms with van der Waals surface area (Å²) in [5, 5.41) is 11.0. The molecule has 1 aromatic carbocycles. The van der Waals surface area contributed by atoms with E-state index in [2.05, 4.69) is 6.07 Å². The van der Waals surface area contributed by atoms with Crippen molar-refractivity contribution in [3.8, 4) is 6.07 Å². The first-order valence-electron chi connectivity index (χ1n) is 4.71. The lowest BCUT2D eigenvalue weighted by molar-refractivity contribution is 0.627. The normalized spacial score (nSPS) is 11.1. The summed E-state index contributed by atoms with van der Waals surface area (Å²) in [7, 11) is 0. The minimum Gasteiger partial charge on any atom is -0.207 e. The number of nitriles is 1. The molecule has 0 unspecified atom stereocenters. The van der Waals surface area contributed by atoms with Crippen LogP contribution in [0.25, 0.3) is 11.6 Å². The number of rotatable bonds is 2. The first kappa shape index (κ1) is 10.6. The van der Waals surface area contributed by atoms with Gasteiger partial charge in [0.1, 0.15) is 5.82 Å². The molecule has 0 amide bonds. The highest BCUT2D eigenvalue weighted by molar-refractivity contribution is 7.10. The Bertz CT molecular complexity index is 532. The van der Waals surface area contributed by atoms with Crippen LogP contribution in [0.2, 0.25) is 0 Å². The molecule has 1 nitrogen and oxygen atoms in total. The molecule has 1 heterocycles. The van der Waals surface area contributed by atoms with Gasteiger partial charge in [0.25, 0.3) is 0 Å². The zero-order valence-electron chi connectivity index (χ0n) is 8.35. The monoisotopic (exact) mass is 229 g/mol. The summed E-state index contributed by atoms with van der Waals surface area (Å²) in [5.41, 5.74) is 1.28. The molecule has 0 radical (unpaired) electrons. The minimum atomic E-state index is -0.294. The number of halogens is 1. The zero-order chi connectivity index (χ0) is 11.4. The number of thiophene rings is 1. The molecule has 0 spiro atoms. The Morgan fingerprint density at radius 3 is 2.56 bits per heavy atom. The SMILES string of the molecule is N#C/C(=C/c1cccs1)c1ccc(F)cc1. The van der Waals surface area contributed by atoms with Gasteiger partial charge in [-0.2, -0.15) is 5.26 Å². The summed E-state index contributed by atoms with van der Waals surface area (Å²) in [6, 6.07) is 11.9. The molecule has 0 aliphatic carbocycles. The summed E-state index contributed by atoms with van der Waals surface area (Å²) in [6.07, 6.45) is 1.80. The van der Waals surface area contributed by atoms with E-state index in [4.69, 9.17) is 5.26 Å². The van der Waals surface area contributed by atoms with Crippen LogP contribution in [0.15, 0.2) is 41.8 Å². The average molecular weight is 229 g/mol. The fourth-order valence-corrected chi connectivity index (χ4v) is 1.98. The molecular weight excluding hydrogens is 221 g/mol. The third kappa shape index (κ3) is 2.36. The Morgan fingerprint density at radius 1 is 1.25 bits per heavy atom. The van der Waals surface area contributed by atoms with Gasteiger partial charge in [-0.25, -0.2) is 4.39 Å². The smallest absolute Gasteiger partial charge is 0.123 e. The lowest BCUT2D eigenvalue weighted by Crippen LogP contribution is -1.81.